The number of furan rings is 1. The molecule has 4 fully saturated rings. The molecule has 0 unspecified atom stereocenters. The average molecular weight is 358 g/mol. The van der Waals surface area contributed by atoms with Crippen molar-refractivity contribution in [3.63, 3.8) is 0 Å². The van der Waals surface area contributed by atoms with E-state index in [0.29, 0.717) is 23.8 Å². The Morgan fingerprint density at radius 2 is 1.81 bits per heavy atom. The molecule has 0 spiro atoms. The van der Waals surface area contributed by atoms with E-state index in [-0.39, 0.29) is 23.9 Å². The lowest BCUT2D eigenvalue weighted by Gasteiger charge is -2.51. The summed E-state index contributed by atoms with van der Waals surface area (Å²) in [7, 11) is 0. The zero-order valence-electron chi connectivity index (χ0n) is 14.3. The van der Waals surface area contributed by atoms with Gasteiger partial charge in [0.1, 0.15) is 11.6 Å². The van der Waals surface area contributed by atoms with Gasteiger partial charge in [-0.3, -0.25) is 9.69 Å². The molecule has 1 amide bonds. The molecule has 1 aromatic heterocycles. The van der Waals surface area contributed by atoms with E-state index < -0.39 is 11.6 Å². The Labute approximate surface area is 150 Å². The van der Waals surface area contributed by atoms with Gasteiger partial charge in [-0.2, -0.15) is 0 Å². The number of carbonyl (C=O) groups is 1. The number of piperidine rings is 3. The molecule has 0 radical (unpaired) electrons. The highest BCUT2D eigenvalue weighted by molar-refractivity contribution is 5.92. The predicted octanol–water partition coefficient (Wildman–Crippen LogP) is 3.26. The third-order valence-electron chi connectivity index (χ3n) is 6.30. The van der Waals surface area contributed by atoms with Gasteiger partial charge < -0.3 is 9.32 Å². The van der Waals surface area contributed by atoms with Crippen molar-refractivity contribution < 1.29 is 18.0 Å². The fraction of sp³-hybridized carbons (Fsp3) is 0.450. The monoisotopic (exact) mass is 358 g/mol. The molecule has 0 N–H and O–H groups in total. The summed E-state index contributed by atoms with van der Waals surface area (Å²) < 4.78 is 33.0. The number of halogens is 2. The fourth-order valence-electron chi connectivity index (χ4n) is 5.28. The highest BCUT2D eigenvalue weighted by Crippen LogP contribution is 2.47. The van der Waals surface area contributed by atoms with Crippen molar-refractivity contribution in [1.82, 2.24) is 9.80 Å². The Hall–Kier alpha value is -2.21. The molecule has 26 heavy (non-hydrogen) atoms. The molecule has 4 nitrogen and oxygen atoms in total. The normalized spacial score (nSPS) is 32.7. The lowest BCUT2D eigenvalue weighted by molar-refractivity contribution is -0.00431. The summed E-state index contributed by atoms with van der Waals surface area (Å²) >= 11 is 0. The second-order valence-corrected chi connectivity index (χ2v) is 7.60. The van der Waals surface area contributed by atoms with Crippen LogP contribution in [0.1, 0.15) is 34.9 Å². The number of rotatable bonds is 2. The van der Waals surface area contributed by atoms with Crippen LogP contribution in [0.15, 0.2) is 41.0 Å². The van der Waals surface area contributed by atoms with E-state index in [2.05, 4.69) is 4.90 Å². The zero-order chi connectivity index (χ0) is 17.8. The van der Waals surface area contributed by atoms with Crippen molar-refractivity contribution >= 4 is 5.91 Å². The Balaban J connectivity index is 1.55. The Morgan fingerprint density at radius 3 is 2.46 bits per heavy atom. The number of fused-ring (bicyclic) bond motifs is 2. The fourth-order valence-corrected chi connectivity index (χ4v) is 5.28. The van der Waals surface area contributed by atoms with E-state index in [1.54, 1.807) is 12.1 Å². The molecule has 2 bridgehead atoms. The molecule has 6 rings (SSSR count). The first-order chi connectivity index (χ1) is 12.6. The van der Waals surface area contributed by atoms with Crippen molar-refractivity contribution in [2.24, 2.45) is 5.92 Å². The van der Waals surface area contributed by atoms with Gasteiger partial charge in [0, 0.05) is 24.6 Å². The van der Waals surface area contributed by atoms with Crippen LogP contribution in [0.3, 0.4) is 0 Å². The summed E-state index contributed by atoms with van der Waals surface area (Å²) in [6.45, 7) is 2.44. The summed E-state index contributed by atoms with van der Waals surface area (Å²) in [6, 6.07) is 7.29. The first-order valence-corrected chi connectivity index (χ1v) is 9.16. The summed E-state index contributed by atoms with van der Waals surface area (Å²) in [6.07, 6.45) is 3.62. The second kappa shape index (κ2) is 5.91. The van der Waals surface area contributed by atoms with Crippen molar-refractivity contribution in [3.05, 3.63) is 59.6 Å². The minimum absolute atomic E-state index is 0.0754. The molecule has 2 aromatic rings. The van der Waals surface area contributed by atoms with E-state index >= 15 is 0 Å². The third-order valence-corrected chi connectivity index (χ3v) is 6.30. The maximum absolute atomic E-state index is 13.8. The number of carbonyl (C=O) groups excluding carboxylic acids is 1. The van der Waals surface area contributed by atoms with Crippen LogP contribution in [0.2, 0.25) is 0 Å². The number of amides is 1. The largest absolute Gasteiger partial charge is 0.459 e. The number of nitrogens with zero attached hydrogens (tertiary/aromatic N) is 2. The smallest absolute Gasteiger partial charge is 0.289 e. The lowest BCUT2D eigenvalue weighted by atomic mass is 9.75. The van der Waals surface area contributed by atoms with E-state index in [1.165, 1.54) is 18.4 Å². The predicted molar refractivity (Wildman–Crippen MR) is 90.7 cm³/mol. The molecule has 0 aliphatic carbocycles. The summed E-state index contributed by atoms with van der Waals surface area (Å²) in [5.74, 6) is -0.587. The maximum atomic E-state index is 13.8. The highest BCUT2D eigenvalue weighted by Gasteiger charge is 2.55. The minimum Gasteiger partial charge on any atom is -0.459 e. The zero-order valence-corrected chi connectivity index (χ0v) is 14.3. The molecule has 1 aromatic carbocycles. The molecule has 5 heterocycles. The van der Waals surface area contributed by atoms with Gasteiger partial charge >= 0.3 is 0 Å². The van der Waals surface area contributed by atoms with Gasteiger partial charge in [0.05, 0.1) is 12.3 Å². The molecule has 136 valence electrons. The molecular weight excluding hydrogens is 338 g/mol. The topological polar surface area (TPSA) is 36.7 Å². The summed E-state index contributed by atoms with van der Waals surface area (Å²) in [4.78, 5) is 17.3. The molecule has 4 saturated heterocycles. The molecule has 6 heteroatoms. The van der Waals surface area contributed by atoms with Crippen LogP contribution in [-0.4, -0.2) is 47.4 Å². The Kier molecular flexibility index (Phi) is 3.64. The first kappa shape index (κ1) is 16.0. The van der Waals surface area contributed by atoms with Gasteiger partial charge in [-0.15, -0.1) is 0 Å². The SMILES string of the molecule is O=C(c1ccco1)N1C[C@H](c2cc(F)cc(F)c2)[C@@H]2[C@H]1C1CCN2CC1. The standard InChI is InChI=1S/C20H20F2N2O2/c21-14-8-13(9-15(22)10-14)16-11-24(20(25)17-2-1-7-26-17)18-12-3-5-23(6-4-12)19(16)18/h1-2,7-10,12,16,18-19H,3-6,11H2/t16-,18-,19-/m1/s1. The van der Waals surface area contributed by atoms with Gasteiger partial charge in [0.15, 0.2) is 5.76 Å². The van der Waals surface area contributed by atoms with E-state index in [1.807, 2.05) is 4.90 Å². The van der Waals surface area contributed by atoms with Crippen molar-refractivity contribution in [3.8, 4) is 0 Å². The number of hydrogen-bond acceptors (Lipinski definition) is 3. The summed E-state index contributed by atoms with van der Waals surface area (Å²) in [5.41, 5.74) is 0.639. The number of hydrogen-bond donors (Lipinski definition) is 0. The van der Waals surface area contributed by atoms with Crippen LogP contribution in [-0.2, 0) is 0 Å². The van der Waals surface area contributed by atoms with Crippen molar-refractivity contribution in [1.29, 1.82) is 0 Å². The van der Waals surface area contributed by atoms with Crippen LogP contribution >= 0.6 is 0 Å². The number of benzene rings is 1. The molecule has 0 saturated carbocycles. The Morgan fingerprint density at radius 1 is 1.08 bits per heavy atom. The maximum Gasteiger partial charge on any atom is 0.289 e. The molecular formula is C20H20F2N2O2. The first-order valence-electron chi connectivity index (χ1n) is 9.16. The van der Waals surface area contributed by atoms with Crippen molar-refractivity contribution in [2.45, 2.75) is 30.8 Å². The van der Waals surface area contributed by atoms with Gasteiger partial charge in [-0.25, -0.2) is 8.78 Å². The van der Waals surface area contributed by atoms with Crippen LogP contribution in [0.4, 0.5) is 8.78 Å². The van der Waals surface area contributed by atoms with Crippen LogP contribution in [0.25, 0.3) is 0 Å². The van der Waals surface area contributed by atoms with Crippen LogP contribution < -0.4 is 0 Å². The number of likely N-dealkylation sites (tertiary alicyclic amines) is 1. The van der Waals surface area contributed by atoms with Gasteiger partial charge in [0.25, 0.3) is 5.91 Å². The average Bonchev–Trinajstić information content (AvgIpc) is 3.30. The van der Waals surface area contributed by atoms with E-state index in [4.69, 9.17) is 4.42 Å². The van der Waals surface area contributed by atoms with Crippen LogP contribution in [0.5, 0.6) is 0 Å². The third kappa shape index (κ3) is 2.39. The second-order valence-electron chi connectivity index (χ2n) is 7.60. The quantitative estimate of drug-likeness (QED) is 0.827. The minimum atomic E-state index is -0.566. The van der Waals surface area contributed by atoms with Gasteiger partial charge in [-0.05, 0) is 61.7 Å². The lowest BCUT2D eigenvalue weighted by Crippen LogP contribution is -2.60. The summed E-state index contributed by atoms with van der Waals surface area (Å²) in [5, 5.41) is 0. The highest BCUT2D eigenvalue weighted by atomic mass is 19.1. The molecule has 3 atom stereocenters. The van der Waals surface area contributed by atoms with Crippen LogP contribution in [0, 0.1) is 17.6 Å². The Bertz CT molecular complexity index is 810. The van der Waals surface area contributed by atoms with E-state index in [9.17, 15) is 13.6 Å². The van der Waals surface area contributed by atoms with Gasteiger partial charge in [0.2, 0.25) is 0 Å². The molecule has 4 aliphatic heterocycles. The van der Waals surface area contributed by atoms with E-state index in [0.717, 1.165) is 32.0 Å². The van der Waals surface area contributed by atoms with Crippen molar-refractivity contribution in [2.75, 3.05) is 19.6 Å². The molecule has 4 aliphatic rings. The van der Waals surface area contributed by atoms with Gasteiger partial charge in [-0.1, -0.05) is 0 Å².